The van der Waals surface area contributed by atoms with Gasteiger partial charge in [-0.05, 0) is 50.6 Å². The van der Waals surface area contributed by atoms with E-state index in [9.17, 15) is 5.26 Å². The summed E-state index contributed by atoms with van der Waals surface area (Å²) in [6.07, 6.45) is 5.80. The molecule has 27 heavy (non-hydrogen) atoms. The van der Waals surface area contributed by atoms with Gasteiger partial charge >= 0.3 is 0 Å². The number of hydrogen-bond donors (Lipinski definition) is 1. The number of likely N-dealkylation sites (N-methyl/N-ethyl adjacent to an activating group) is 1. The fourth-order valence-corrected chi connectivity index (χ4v) is 4.48. The van der Waals surface area contributed by atoms with Gasteiger partial charge in [0.25, 0.3) is 0 Å². The molecule has 1 aromatic heterocycles. The highest BCUT2D eigenvalue weighted by Crippen LogP contribution is 2.34. The predicted octanol–water partition coefficient (Wildman–Crippen LogP) is 2.77. The number of nitriles is 1. The lowest BCUT2D eigenvalue weighted by molar-refractivity contribution is 0.120. The third-order valence-corrected chi connectivity index (χ3v) is 6.28. The molecule has 6 heteroatoms. The van der Waals surface area contributed by atoms with E-state index in [1.54, 1.807) is 0 Å². The molecular formula is C21H31N5O. The van der Waals surface area contributed by atoms with E-state index in [0.29, 0.717) is 0 Å². The number of nitrogens with zero attached hydrogens (tertiary/aromatic N) is 4. The number of pyridine rings is 1. The molecule has 4 rings (SSSR count). The first-order valence-electron chi connectivity index (χ1n) is 10.4. The number of aromatic nitrogens is 1. The maximum Gasteiger partial charge on any atom is 0.149 e. The largest absolute Gasteiger partial charge is 0.376 e. The monoisotopic (exact) mass is 369 g/mol. The van der Waals surface area contributed by atoms with E-state index in [1.165, 1.54) is 24.0 Å². The zero-order valence-corrected chi connectivity index (χ0v) is 16.6. The van der Waals surface area contributed by atoms with Crippen molar-refractivity contribution in [2.24, 2.45) is 5.92 Å². The molecule has 0 unspecified atom stereocenters. The summed E-state index contributed by atoms with van der Waals surface area (Å²) in [6, 6.07) is 2.50. The van der Waals surface area contributed by atoms with E-state index < -0.39 is 0 Å². The fraction of sp³-hybridized carbons (Fsp3) is 0.714. The van der Waals surface area contributed by atoms with E-state index in [-0.39, 0.29) is 6.10 Å². The minimum absolute atomic E-state index is 0.277. The van der Waals surface area contributed by atoms with Gasteiger partial charge in [-0.3, -0.25) is 0 Å². The molecule has 4 heterocycles. The van der Waals surface area contributed by atoms with Crippen molar-refractivity contribution < 1.29 is 4.74 Å². The molecule has 2 saturated heterocycles. The highest BCUT2D eigenvalue weighted by Gasteiger charge is 2.28. The fourth-order valence-electron chi connectivity index (χ4n) is 4.48. The molecule has 1 atom stereocenters. The predicted molar refractivity (Wildman–Crippen MR) is 107 cm³/mol. The van der Waals surface area contributed by atoms with Gasteiger partial charge in [0.2, 0.25) is 0 Å². The van der Waals surface area contributed by atoms with Crippen molar-refractivity contribution in [1.82, 2.24) is 9.88 Å². The van der Waals surface area contributed by atoms with E-state index in [2.05, 4.69) is 35.2 Å². The first-order chi connectivity index (χ1) is 13.2. The van der Waals surface area contributed by atoms with Crippen LogP contribution in [-0.4, -0.2) is 55.8 Å². The Balaban J connectivity index is 1.67. The third kappa shape index (κ3) is 3.90. The van der Waals surface area contributed by atoms with Crippen LogP contribution in [0, 0.1) is 17.2 Å². The molecular weight excluding hydrogens is 338 g/mol. The summed E-state index contributed by atoms with van der Waals surface area (Å²) < 4.78 is 5.78. The molecule has 146 valence electrons. The Morgan fingerprint density at radius 1 is 1.22 bits per heavy atom. The number of nitrogens with one attached hydrogen (secondary N) is 1. The molecule has 3 aliphatic rings. The van der Waals surface area contributed by atoms with Crippen molar-refractivity contribution in [3.63, 3.8) is 0 Å². The molecule has 0 bridgehead atoms. The normalized spacial score (nSPS) is 23.9. The first kappa shape index (κ1) is 18.5. The molecule has 2 fully saturated rings. The van der Waals surface area contributed by atoms with Crippen molar-refractivity contribution in [2.75, 3.05) is 50.1 Å². The Bertz CT molecular complexity index is 714. The van der Waals surface area contributed by atoms with Crippen LogP contribution >= 0.6 is 0 Å². The summed E-state index contributed by atoms with van der Waals surface area (Å²) in [5.74, 6) is 2.61. The summed E-state index contributed by atoms with van der Waals surface area (Å²) in [7, 11) is 2.14. The minimum Gasteiger partial charge on any atom is -0.376 e. The number of hydrogen-bond acceptors (Lipinski definition) is 6. The van der Waals surface area contributed by atoms with Crippen LogP contribution in [0.25, 0.3) is 0 Å². The lowest BCUT2D eigenvalue weighted by Crippen LogP contribution is -2.36. The van der Waals surface area contributed by atoms with Gasteiger partial charge in [-0.25, -0.2) is 4.98 Å². The maximum absolute atomic E-state index is 9.95. The van der Waals surface area contributed by atoms with Crippen molar-refractivity contribution in [3.8, 4) is 6.07 Å². The SMILES string of the molecule is CC1CCN(c2nc(NC[C@@H]3CCCO3)c3c(c2C#N)CCN(C)C3)CC1. The average molecular weight is 370 g/mol. The number of rotatable bonds is 4. The molecule has 0 saturated carbocycles. The zero-order chi connectivity index (χ0) is 18.8. The average Bonchev–Trinajstić information content (AvgIpc) is 3.20. The lowest BCUT2D eigenvalue weighted by Gasteiger charge is -2.34. The van der Waals surface area contributed by atoms with E-state index in [1.807, 2.05) is 0 Å². The standard InChI is InChI=1S/C21H31N5O/c1-15-5-9-26(10-6-15)21-18(12-22)17-7-8-25(2)14-19(17)20(24-21)23-13-16-4-3-11-27-16/h15-16H,3-11,13-14H2,1-2H3,(H,23,24)/t16-/m0/s1. The number of fused-ring (bicyclic) bond motifs is 1. The third-order valence-electron chi connectivity index (χ3n) is 6.28. The number of piperidine rings is 1. The second-order valence-corrected chi connectivity index (χ2v) is 8.40. The van der Waals surface area contributed by atoms with Crippen LogP contribution in [0.3, 0.4) is 0 Å². The van der Waals surface area contributed by atoms with Crippen molar-refractivity contribution in [2.45, 2.75) is 51.7 Å². The van der Waals surface area contributed by atoms with Gasteiger partial charge in [0.1, 0.15) is 17.7 Å². The van der Waals surface area contributed by atoms with Crippen LogP contribution in [0.4, 0.5) is 11.6 Å². The lowest BCUT2D eigenvalue weighted by atomic mass is 9.94. The Labute approximate surface area is 162 Å². The Hall–Kier alpha value is -1.84. The molecule has 0 amide bonds. The van der Waals surface area contributed by atoms with Gasteiger partial charge in [0, 0.05) is 44.9 Å². The van der Waals surface area contributed by atoms with Gasteiger partial charge in [0.15, 0.2) is 0 Å². The van der Waals surface area contributed by atoms with Crippen LogP contribution in [0.5, 0.6) is 0 Å². The van der Waals surface area contributed by atoms with Crippen LogP contribution < -0.4 is 10.2 Å². The Morgan fingerprint density at radius 3 is 2.74 bits per heavy atom. The van der Waals surface area contributed by atoms with Crippen LogP contribution in [0.2, 0.25) is 0 Å². The summed E-state index contributed by atoms with van der Waals surface area (Å²) in [5, 5.41) is 13.5. The van der Waals surface area contributed by atoms with Crippen LogP contribution in [0.15, 0.2) is 0 Å². The highest BCUT2D eigenvalue weighted by atomic mass is 16.5. The van der Waals surface area contributed by atoms with Crippen molar-refractivity contribution >= 4 is 11.6 Å². The van der Waals surface area contributed by atoms with Crippen LogP contribution in [-0.2, 0) is 17.7 Å². The summed E-state index contributed by atoms with van der Waals surface area (Å²) in [5.41, 5.74) is 3.21. The van der Waals surface area contributed by atoms with E-state index >= 15 is 0 Å². The number of ether oxygens (including phenoxy) is 1. The molecule has 3 aliphatic heterocycles. The van der Waals surface area contributed by atoms with E-state index in [4.69, 9.17) is 9.72 Å². The molecule has 6 nitrogen and oxygen atoms in total. The maximum atomic E-state index is 9.95. The smallest absolute Gasteiger partial charge is 0.149 e. The molecule has 0 radical (unpaired) electrons. The van der Waals surface area contributed by atoms with Gasteiger partial charge in [-0.15, -0.1) is 0 Å². The van der Waals surface area contributed by atoms with E-state index in [0.717, 1.165) is 81.7 Å². The molecule has 1 aromatic rings. The minimum atomic E-state index is 0.277. The zero-order valence-electron chi connectivity index (χ0n) is 16.6. The first-order valence-corrected chi connectivity index (χ1v) is 10.4. The van der Waals surface area contributed by atoms with Gasteiger partial charge < -0.3 is 19.9 Å². The quantitative estimate of drug-likeness (QED) is 0.880. The second kappa shape index (κ2) is 8.04. The van der Waals surface area contributed by atoms with Crippen molar-refractivity contribution in [1.29, 1.82) is 5.26 Å². The van der Waals surface area contributed by atoms with Gasteiger partial charge in [-0.1, -0.05) is 6.92 Å². The topological polar surface area (TPSA) is 64.4 Å². The van der Waals surface area contributed by atoms with Gasteiger partial charge in [-0.2, -0.15) is 5.26 Å². The van der Waals surface area contributed by atoms with Crippen molar-refractivity contribution in [3.05, 3.63) is 16.7 Å². The summed E-state index contributed by atoms with van der Waals surface area (Å²) in [6.45, 7) is 7.80. The van der Waals surface area contributed by atoms with Crippen LogP contribution in [0.1, 0.15) is 49.3 Å². The molecule has 1 N–H and O–H groups in total. The highest BCUT2D eigenvalue weighted by molar-refractivity contribution is 5.67. The Kier molecular flexibility index (Phi) is 5.51. The molecule has 0 aliphatic carbocycles. The summed E-state index contributed by atoms with van der Waals surface area (Å²) in [4.78, 5) is 9.65. The molecule has 0 spiro atoms. The second-order valence-electron chi connectivity index (χ2n) is 8.40. The number of anilines is 2. The molecule has 0 aromatic carbocycles. The summed E-state index contributed by atoms with van der Waals surface area (Å²) >= 11 is 0. The Morgan fingerprint density at radius 2 is 2.04 bits per heavy atom. The van der Waals surface area contributed by atoms with Gasteiger partial charge in [0.05, 0.1) is 11.7 Å².